The van der Waals surface area contributed by atoms with Gasteiger partial charge in [0.05, 0.1) is 5.56 Å². The van der Waals surface area contributed by atoms with E-state index in [0.29, 0.717) is 22.8 Å². The normalized spacial score (nSPS) is 10.4. The van der Waals surface area contributed by atoms with E-state index in [-0.39, 0.29) is 5.15 Å². The Kier molecular flexibility index (Phi) is 2.09. The van der Waals surface area contributed by atoms with E-state index in [9.17, 15) is 0 Å². The number of hydrogen-bond donors (Lipinski definition) is 1. The van der Waals surface area contributed by atoms with E-state index in [1.807, 2.05) is 0 Å². The predicted octanol–water partition coefficient (Wildman–Crippen LogP) is 1.68. The van der Waals surface area contributed by atoms with Gasteiger partial charge in [0, 0.05) is 6.07 Å². The van der Waals surface area contributed by atoms with Gasteiger partial charge < -0.3 is 10.3 Å². The van der Waals surface area contributed by atoms with E-state index in [0.717, 1.165) is 0 Å². The Bertz CT molecular complexity index is 448. The van der Waals surface area contributed by atoms with Crippen LogP contribution in [0.5, 0.6) is 0 Å². The molecule has 0 fully saturated rings. The SMILES string of the molecule is Cc1cc(-c2c(N)ncnc2Cl)no1. The second-order valence-corrected chi connectivity index (χ2v) is 3.11. The molecule has 0 spiro atoms. The van der Waals surface area contributed by atoms with Crippen molar-refractivity contribution in [2.24, 2.45) is 0 Å². The lowest BCUT2D eigenvalue weighted by molar-refractivity contribution is 0.399. The quantitative estimate of drug-likeness (QED) is 0.725. The molecule has 2 N–H and O–H groups in total. The van der Waals surface area contributed by atoms with Gasteiger partial charge in [-0.25, -0.2) is 9.97 Å². The van der Waals surface area contributed by atoms with Gasteiger partial charge in [0.1, 0.15) is 28.8 Å². The highest BCUT2D eigenvalue weighted by atomic mass is 35.5. The van der Waals surface area contributed by atoms with E-state index < -0.39 is 0 Å². The Morgan fingerprint density at radius 2 is 2.21 bits per heavy atom. The monoisotopic (exact) mass is 210 g/mol. The number of halogens is 1. The van der Waals surface area contributed by atoms with Crippen LogP contribution >= 0.6 is 11.6 Å². The van der Waals surface area contributed by atoms with Crippen LogP contribution in [0, 0.1) is 6.92 Å². The minimum Gasteiger partial charge on any atom is -0.383 e. The zero-order chi connectivity index (χ0) is 10.1. The van der Waals surface area contributed by atoms with Crippen LogP contribution in [-0.2, 0) is 0 Å². The lowest BCUT2D eigenvalue weighted by atomic mass is 10.2. The summed E-state index contributed by atoms with van der Waals surface area (Å²) < 4.78 is 4.91. The molecular weight excluding hydrogens is 204 g/mol. The maximum absolute atomic E-state index is 5.86. The van der Waals surface area contributed by atoms with Gasteiger partial charge in [-0.1, -0.05) is 16.8 Å². The van der Waals surface area contributed by atoms with Gasteiger partial charge in [0.2, 0.25) is 0 Å². The number of aromatic nitrogens is 3. The third-order valence-electron chi connectivity index (χ3n) is 1.71. The highest BCUT2D eigenvalue weighted by Crippen LogP contribution is 2.29. The van der Waals surface area contributed by atoms with Crippen LogP contribution in [0.1, 0.15) is 5.76 Å². The zero-order valence-electron chi connectivity index (χ0n) is 7.36. The highest BCUT2D eigenvalue weighted by Gasteiger charge is 2.13. The van der Waals surface area contributed by atoms with Crippen molar-refractivity contribution < 1.29 is 4.52 Å². The average molecular weight is 211 g/mol. The van der Waals surface area contributed by atoms with E-state index in [1.54, 1.807) is 13.0 Å². The first kappa shape index (κ1) is 8.96. The molecule has 0 aliphatic carbocycles. The van der Waals surface area contributed by atoms with Crippen molar-refractivity contribution in [3.63, 3.8) is 0 Å². The van der Waals surface area contributed by atoms with Crippen LogP contribution in [0.4, 0.5) is 5.82 Å². The Morgan fingerprint density at radius 3 is 2.79 bits per heavy atom. The maximum Gasteiger partial charge on any atom is 0.144 e. The molecule has 2 aromatic heterocycles. The average Bonchev–Trinajstić information content (AvgIpc) is 2.51. The number of rotatable bonds is 1. The third kappa shape index (κ3) is 1.42. The first-order chi connectivity index (χ1) is 6.68. The molecule has 2 rings (SSSR count). The Labute approximate surface area is 84.9 Å². The molecule has 5 nitrogen and oxygen atoms in total. The second-order valence-electron chi connectivity index (χ2n) is 2.75. The summed E-state index contributed by atoms with van der Waals surface area (Å²) in [5.41, 5.74) is 6.70. The van der Waals surface area contributed by atoms with Crippen LogP contribution in [-0.4, -0.2) is 15.1 Å². The molecule has 0 bridgehead atoms. The molecule has 0 saturated carbocycles. The van der Waals surface area contributed by atoms with Crippen LogP contribution in [0.3, 0.4) is 0 Å². The fourth-order valence-corrected chi connectivity index (χ4v) is 1.33. The summed E-state index contributed by atoms with van der Waals surface area (Å²) in [4.78, 5) is 7.64. The molecule has 0 aliphatic rings. The van der Waals surface area contributed by atoms with Crippen molar-refractivity contribution in [3.8, 4) is 11.3 Å². The lowest BCUT2D eigenvalue weighted by Crippen LogP contribution is -1.96. The fraction of sp³-hybridized carbons (Fsp3) is 0.125. The van der Waals surface area contributed by atoms with Crippen molar-refractivity contribution in [2.45, 2.75) is 6.92 Å². The number of aryl methyl sites for hydroxylation is 1. The van der Waals surface area contributed by atoms with Gasteiger partial charge in [0.15, 0.2) is 0 Å². The fourth-order valence-electron chi connectivity index (χ4n) is 1.10. The summed E-state index contributed by atoms with van der Waals surface area (Å²) in [5.74, 6) is 0.970. The van der Waals surface area contributed by atoms with Gasteiger partial charge in [-0.3, -0.25) is 0 Å². The molecule has 0 saturated heterocycles. The molecule has 0 radical (unpaired) electrons. The summed E-state index contributed by atoms with van der Waals surface area (Å²) in [6, 6.07) is 1.72. The number of nitrogens with two attached hydrogens (primary N) is 1. The van der Waals surface area contributed by atoms with Crippen LogP contribution in [0.2, 0.25) is 5.15 Å². The molecule has 0 amide bonds. The predicted molar refractivity (Wildman–Crippen MR) is 51.7 cm³/mol. The molecule has 2 aromatic rings. The molecule has 0 atom stereocenters. The molecule has 0 aliphatic heterocycles. The molecular formula is C8H7ClN4O. The summed E-state index contributed by atoms with van der Waals surface area (Å²) in [6.45, 7) is 1.78. The first-order valence-corrected chi connectivity index (χ1v) is 4.26. The van der Waals surface area contributed by atoms with Crippen LogP contribution in [0.15, 0.2) is 16.9 Å². The van der Waals surface area contributed by atoms with Gasteiger partial charge >= 0.3 is 0 Å². The smallest absolute Gasteiger partial charge is 0.144 e. The third-order valence-corrected chi connectivity index (χ3v) is 2.00. The summed E-state index contributed by atoms with van der Waals surface area (Å²) in [7, 11) is 0. The molecule has 6 heteroatoms. The van der Waals surface area contributed by atoms with Gasteiger partial charge in [-0.05, 0) is 6.92 Å². The minimum absolute atomic E-state index is 0.269. The summed E-state index contributed by atoms with van der Waals surface area (Å²) in [5, 5.41) is 4.06. The van der Waals surface area contributed by atoms with Crippen LogP contribution < -0.4 is 5.73 Å². The highest BCUT2D eigenvalue weighted by molar-refractivity contribution is 6.32. The number of nitrogens with zero attached hydrogens (tertiary/aromatic N) is 3. The second kappa shape index (κ2) is 3.26. The lowest BCUT2D eigenvalue weighted by Gasteiger charge is -2.00. The minimum atomic E-state index is 0.269. The summed E-state index contributed by atoms with van der Waals surface area (Å²) >= 11 is 5.86. The topological polar surface area (TPSA) is 77.8 Å². The van der Waals surface area contributed by atoms with Crippen molar-refractivity contribution in [2.75, 3.05) is 5.73 Å². The Balaban J connectivity index is 2.61. The number of hydrogen-bond acceptors (Lipinski definition) is 5. The number of anilines is 1. The van der Waals surface area contributed by atoms with Crippen molar-refractivity contribution >= 4 is 17.4 Å². The molecule has 0 aromatic carbocycles. The van der Waals surface area contributed by atoms with E-state index >= 15 is 0 Å². The zero-order valence-corrected chi connectivity index (χ0v) is 8.12. The van der Waals surface area contributed by atoms with Crippen molar-refractivity contribution in [1.29, 1.82) is 0 Å². The largest absolute Gasteiger partial charge is 0.383 e. The molecule has 14 heavy (non-hydrogen) atoms. The van der Waals surface area contributed by atoms with Gasteiger partial charge in [-0.15, -0.1) is 0 Å². The van der Waals surface area contributed by atoms with E-state index in [2.05, 4.69) is 15.1 Å². The van der Waals surface area contributed by atoms with E-state index in [4.69, 9.17) is 21.9 Å². The van der Waals surface area contributed by atoms with Gasteiger partial charge in [0.25, 0.3) is 0 Å². The number of nitrogen functional groups attached to an aromatic ring is 1. The molecule has 2 heterocycles. The Morgan fingerprint density at radius 1 is 1.43 bits per heavy atom. The maximum atomic E-state index is 5.86. The van der Waals surface area contributed by atoms with Crippen molar-refractivity contribution in [3.05, 3.63) is 23.3 Å². The van der Waals surface area contributed by atoms with Gasteiger partial charge in [-0.2, -0.15) is 0 Å². The molecule has 72 valence electrons. The molecule has 0 unspecified atom stereocenters. The standard InChI is InChI=1S/C8H7ClN4O/c1-4-2-5(13-14-4)6-7(9)11-3-12-8(6)10/h2-3H,1H3,(H2,10,11,12). The summed E-state index contributed by atoms with van der Waals surface area (Å²) in [6.07, 6.45) is 1.30. The van der Waals surface area contributed by atoms with Crippen LogP contribution in [0.25, 0.3) is 11.3 Å². The first-order valence-electron chi connectivity index (χ1n) is 3.88. The Hall–Kier alpha value is -1.62. The van der Waals surface area contributed by atoms with E-state index in [1.165, 1.54) is 6.33 Å². The van der Waals surface area contributed by atoms with Crippen molar-refractivity contribution in [1.82, 2.24) is 15.1 Å².